The van der Waals surface area contributed by atoms with Crippen LogP contribution >= 0.6 is 0 Å². The average molecular weight is 384 g/mol. The van der Waals surface area contributed by atoms with Gasteiger partial charge in [0.2, 0.25) is 0 Å². The number of unbranched alkanes of at least 4 members (excludes halogenated alkanes) is 3. The maximum absolute atomic E-state index is 12.8. The molecule has 28 heavy (non-hydrogen) atoms. The van der Waals surface area contributed by atoms with Gasteiger partial charge in [-0.2, -0.15) is 5.10 Å². The van der Waals surface area contributed by atoms with Crippen molar-refractivity contribution in [3.05, 3.63) is 35.9 Å². The minimum atomic E-state index is -0.922. The lowest BCUT2D eigenvalue weighted by atomic mass is 9.94. The number of hydrogen-bond acceptors (Lipinski definition) is 4. The Morgan fingerprint density at radius 3 is 2.64 bits per heavy atom. The Balaban J connectivity index is 1.60. The van der Waals surface area contributed by atoms with Crippen molar-refractivity contribution >= 4 is 23.6 Å². The summed E-state index contributed by atoms with van der Waals surface area (Å²) in [5.74, 6) is -0.668. The van der Waals surface area contributed by atoms with Gasteiger partial charge in [0.15, 0.2) is 0 Å². The third-order valence-electron chi connectivity index (χ3n) is 5.37. The molecule has 1 aromatic rings. The van der Waals surface area contributed by atoms with Crippen molar-refractivity contribution in [1.29, 1.82) is 0 Å². The van der Waals surface area contributed by atoms with E-state index in [1.54, 1.807) is 6.92 Å². The lowest BCUT2D eigenvalue weighted by Crippen LogP contribution is -2.45. The predicted octanol–water partition coefficient (Wildman–Crippen LogP) is 2.90. The van der Waals surface area contributed by atoms with Crippen molar-refractivity contribution in [3.8, 4) is 0 Å². The molecule has 0 saturated carbocycles. The third-order valence-corrected chi connectivity index (χ3v) is 5.37. The summed E-state index contributed by atoms with van der Waals surface area (Å²) in [4.78, 5) is 38.7. The molecule has 1 unspecified atom stereocenters. The minimum absolute atomic E-state index is 0.277. The Bertz CT molecular complexity index is 777. The van der Waals surface area contributed by atoms with Crippen LogP contribution in [0.15, 0.2) is 35.4 Å². The van der Waals surface area contributed by atoms with Crippen molar-refractivity contribution in [2.45, 2.75) is 57.9 Å². The molecule has 1 atom stereocenters. The fraction of sp³-hybridized carbons (Fsp3) is 0.524. The highest BCUT2D eigenvalue weighted by atomic mass is 16.2. The van der Waals surface area contributed by atoms with Crippen molar-refractivity contribution in [2.24, 2.45) is 5.10 Å². The zero-order chi connectivity index (χ0) is 20.1. The van der Waals surface area contributed by atoms with E-state index in [1.807, 2.05) is 30.3 Å². The second kappa shape index (κ2) is 8.54. The highest BCUT2D eigenvalue weighted by molar-refractivity contribution is 6.09. The summed E-state index contributed by atoms with van der Waals surface area (Å²) in [6.07, 6.45) is 5.36. The number of hydrazone groups is 1. The van der Waals surface area contributed by atoms with E-state index in [0.29, 0.717) is 19.4 Å². The minimum Gasteiger partial charge on any atom is -0.323 e. The van der Waals surface area contributed by atoms with Gasteiger partial charge in [0.1, 0.15) is 12.1 Å². The fourth-order valence-electron chi connectivity index (χ4n) is 3.65. The molecular weight excluding hydrogens is 356 g/mol. The lowest BCUT2D eigenvalue weighted by Gasteiger charge is -2.22. The van der Waals surface area contributed by atoms with Crippen LogP contribution in [-0.2, 0) is 9.59 Å². The Morgan fingerprint density at radius 2 is 1.93 bits per heavy atom. The summed E-state index contributed by atoms with van der Waals surface area (Å²) in [6, 6.07) is 9.19. The lowest BCUT2D eigenvalue weighted by molar-refractivity contribution is -0.138. The fourth-order valence-corrected chi connectivity index (χ4v) is 3.65. The summed E-state index contributed by atoms with van der Waals surface area (Å²) in [7, 11) is 0. The number of rotatable bonds is 8. The number of imide groups is 1. The van der Waals surface area contributed by atoms with Gasteiger partial charge in [0.05, 0.1) is 12.3 Å². The molecule has 7 nitrogen and oxygen atoms in total. The first kappa shape index (κ1) is 20.0. The molecule has 4 amide bonds. The molecule has 2 heterocycles. The molecule has 1 fully saturated rings. The number of carbonyl (C=O) groups is 3. The number of amides is 4. The van der Waals surface area contributed by atoms with Crippen molar-refractivity contribution in [1.82, 2.24) is 15.2 Å². The number of carbonyl (C=O) groups excluding carboxylic acids is 3. The summed E-state index contributed by atoms with van der Waals surface area (Å²) in [5.41, 5.74) is 0.897. The van der Waals surface area contributed by atoms with Crippen molar-refractivity contribution < 1.29 is 14.4 Å². The zero-order valence-electron chi connectivity index (χ0n) is 16.6. The first-order valence-electron chi connectivity index (χ1n) is 10.0. The molecule has 0 aromatic heterocycles. The van der Waals surface area contributed by atoms with Crippen LogP contribution in [0, 0.1) is 0 Å². The maximum atomic E-state index is 12.8. The van der Waals surface area contributed by atoms with Crippen molar-refractivity contribution in [3.63, 3.8) is 0 Å². The van der Waals surface area contributed by atoms with Gasteiger partial charge in [-0.3, -0.25) is 14.5 Å². The molecule has 2 aliphatic heterocycles. The van der Waals surface area contributed by atoms with Gasteiger partial charge in [-0.25, -0.2) is 9.80 Å². The van der Waals surface area contributed by atoms with Gasteiger partial charge < -0.3 is 5.32 Å². The molecule has 150 valence electrons. The van der Waals surface area contributed by atoms with E-state index < -0.39 is 11.6 Å². The van der Waals surface area contributed by atoms with Crippen molar-refractivity contribution in [2.75, 3.05) is 13.1 Å². The molecule has 0 radical (unpaired) electrons. The van der Waals surface area contributed by atoms with E-state index in [1.165, 1.54) is 5.01 Å². The standard InChI is InChI=1S/C21H28N4O3/c1-3-4-5-9-13-21(2)19(27)24(20(28)22-21)15-18(26)25-14-12-17(23-25)16-10-7-6-8-11-16/h6-8,10-11H,3-5,9,12-15H2,1-2H3,(H,22,28). The Labute approximate surface area is 165 Å². The SMILES string of the molecule is CCCCCCC1(C)NC(=O)N(CC(=O)N2CCC(c3ccccc3)=N2)C1=O. The first-order chi connectivity index (χ1) is 13.4. The Morgan fingerprint density at radius 1 is 1.18 bits per heavy atom. The largest absolute Gasteiger partial charge is 0.325 e. The van der Waals surface area contributed by atoms with Crippen LogP contribution in [0.4, 0.5) is 4.79 Å². The second-order valence-electron chi connectivity index (χ2n) is 7.64. The highest BCUT2D eigenvalue weighted by Gasteiger charge is 2.48. The van der Waals surface area contributed by atoms with Gasteiger partial charge in [-0.05, 0) is 18.9 Å². The van der Waals surface area contributed by atoms with E-state index in [9.17, 15) is 14.4 Å². The van der Waals surface area contributed by atoms with E-state index in [0.717, 1.165) is 41.9 Å². The normalized spacial score (nSPS) is 21.9. The second-order valence-corrected chi connectivity index (χ2v) is 7.64. The predicted molar refractivity (Wildman–Crippen MR) is 107 cm³/mol. The molecule has 3 rings (SSSR count). The number of benzene rings is 1. The zero-order valence-corrected chi connectivity index (χ0v) is 16.6. The van der Waals surface area contributed by atoms with E-state index in [-0.39, 0.29) is 18.4 Å². The summed E-state index contributed by atoms with van der Waals surface area (Å²) >= 11 is 0. The van der Waals surface area contributed by atoms with E-state index in [2.05, 4.69) is 17.3 Å². The van der Waals surface area contributed by atoms with Gasteiger partial charge in [-0.1, -0.05) is 62.9 Å². The van der Waals surface area contributed by atoms with Crippen LogP contribution in [0.5, 0.6) is 0 Å². The molecule has 1 N–H and O–H groups in total. The van der Waals surface area contributed by atoms with Crippen LogP contribution in [-0.4, -0.2) is 52.1 Å². The third kappa shape index (κ3) is 4.24. The van der Waals surface area contributed by atoms with E-state index in [4.69, 9.17) is 0 Å². The molecule has 0 aliphatic carbocycles. The number of nitrogens with zero attached hydrogens (tertiary/aromatic N) is 3. The Hall–Kier alpha value is -2.70. The van der Waals surface area contributed by atoms with Gasteiger partial charge in [-0.15, -0.1) is 0 Å². The molecule has 0 spiro atoms. The van der Waals surface area contributed by atoms with Gasteiger partial charge in [0, 0.05) is 6.42 Å². The average Bonchev–Trinajstić information content (AvgIpc) is 3.26. The molecule has 2 aliphatic rings. The summed E-state index contributed by atoms with van der Waals surface area (Å²) in [6.45, 7) is 4.05. The summed E-state index contributed by atoms with van der Waals surface area (Å²) in [5, 5.41) is 8.52. The quantitative estimate of drug-likeness (QED) is 0.553. The molecule has 0 bridgehead atoms. The topological polar surface area (TPSA) is 82.1 Å². The first-order valence-corrected chi connectivity index (χ1v) is 10.0. The van der Waals surface area contributed by atoms with Gasteiger partial charge >= 0.3 is 6.03 Å². The number of urea groups is 1. The maximum Gasteiger partial charge on any atom is 0.325 e. The smallest absolute Gasteiger partial charge is 0.323 e. The molecular formula is C21H28N4O3. The summed E-state index contributed by atoms with van der Waals surface area (Å²) < 4.78 is 0. The number of nitrogens with one attached hydrogen (secondary N) is 1. The highest BCUT2D eigenvalue weighted by Crippen LogP contribution is 2.24. The Kier molecular flexibility index (Phi) is 6.11. The number of hydrogen-bond donors (Lipinski definition) is 1. The van der Waals surface area contributed by atoms with Crippen LogP contribution in [0.1, 0.15) is 57.9 Å². The van der Waals surface area contributed by atoms with E-state index >= 15 is 0 Å². The molecule has 7 heteroatoms. The van der Waals surface area contributed by atoms with Crippen LogP contribution in [0.25, 0.3) is 0 Å². The van der Waals surface area contributed by atoms with Crippen LogP contribution < -0.4 is 5.32 Å². The molecule has 1 aromatic carbocycles. The van der Waals surface area contributed by atoms with Crippen LogP contribution in [0.2, 0.25) is 0 Å². The molecule has 1 saturated heterocycles. The monoisotopic (exact) mass is 384 g/mol. The van der Waals surface area contributed by atoms with Gasteiger partial charge in [0.25, 0.3) is 11.8 Å². The van der Waals surface area contributed by atoms with Crippen LogP contribution in [0.3, 0.4) is 0 Å².